The number of carboxylic acid groups (broad SMARTS) is 1. The third kappa shape index (κ3) is 0.885. The van der Waals surface area contributed by atoms with Gasteiger partial charge in [0.1, 0.15) is 0 Å². The van der Waals surface area contributed by atoms with Gasteiger partial charge in [0.05, 0.1) is 24.0 Å². The van der Waals surface area contributed by atoms with E-state index in [2.05, 4.69) is 0 Å². The van der Waals surface area contributed by atoms with Crippen molar-refractivity contribution in [3.8, 4) is 0 Å². The Hall–Kier alpha value is -1.49. The van der Waals surface area contributed by atoms with Crippen LogP contribution in [0.5, 0.6) is 0 Å². The van der Waals surface area contributed by atoms with Gasteiger partial charge in [-0.05, 0) is 0 Å². The summed E-state index contributed by atoms with van der Waals surface area (Å²) in [6.07, 6.45) is 2.70. The summed E-state index contributed by atoms with van der Waals surface area (Å²) in [5.74, 6) is -4.90. The molecule has 0 amide bonds. The molecule has 1 saturated heterocycles. The van der Waals surface area contributed by atoms with Crippen molar-refractivity contribution >= 4 is 17.5 Å². The highest BCUT2D eigenvalue weighted by Gasteiger charge is 2.63. The third-order valence-corrected chi connectivity index (χ3v) is 3.37. The molecule has 5 atom stereocenters. The van der Waals surface area contributed by atoms with Crippen LogP contribution in [-0.2, 0) is 19.1 Å². The Bertz CT molecular complexity index is 380. The van der Waals surface area contributed by atoms with Gasteiger partial charge in [-0.25, -0.2) is 0 Å². The number of hydrogen-bond acceptors (Lipinski definition) is 4. The summed E-state index contributed by atoms with van der Waals surface area (Å²) >= 11 is 0. The lowest BCUT2D eigenvalue weighted by atomic mass is 9.85. The molecule has 1 N–H and O–H groups in total. The Morgan fingerprint density at radius 2 is 1.60 bits per heavy atom. The van der Waals surface area contributed by atoms with E-state index >= 15 is 0 Å². The van der Waals surface area contributed by atoms with Gasteiger partial charge in [-0.15, -0.1) is 0 Å². The number of Topliss-reactive ketones (excluding diaryl/α,β-unsaturated/α-hetero) is 2. The molecule has 0 radical (unpaired) electrons. The fourth-order valence-electron chi connectivity index (χ4n) is 2.75. The van der Waals surface area contributed by atoms with Crippen LogP contribution >= 0.6 is 0 Å². The van der Waals surface area contributed by atoms with Gasteiger partial charge < -0.3 is 9.84 Å². The maximum absolute atomic E-state index is 11.7. The van der Waals surface area contributed by atoms with Gasteiger partial charge in [0.15, 0.2) is 17.5 Å². The van der Waals surface area contributed by atoms with E-state index in [9.17, 15) is 14.4 Å². The lowest BCUT2D eigenvalue weighted by Crippen LogP contribution is -2.29. The van der Waals surface area contributed by atoms with Gasteiger partial charge in [-0.1, -0.05) is 12.2 Å². The first-order chi connectivity index (χ1) is 7.11. The Morgan fingerprint density at radius 1 is 1.13 bits per heavy atom. The largest absolute Gasteiger partial charge is 0.480 e. The van der Waals surface area contributed by atoms with Crippen molar-refractivity contribution in [1.29, 1.82) is 0 Å². The van der Waals surface area contributed by atoms with Crippen LogP contribution in [0.3, 0.4) is 0 Å². The summed E-state index contributed by atoms with van der Waals surface area (Å²) in [5.41, 5.74) is 0. The number of fused-ring (bicyclic) bond motifs is 5. The number of ether oxygens (including phenoxy) is 1. The normalized spacial score (nSPS) is 46.3. The zero-order valence-corrected chi connectivity index (χ0v) is 7.62. The molecular weight excluding hydrogens is 200 g/mol. The first-order valence-electron chi connectivity index (χ1n) is 4.75. The van der Waals surface area contributed by atoms with Crippen molar-refractivity contribution in [2.24, 2.45) is 17.8 Å². The number of rotatable bonds is 1. The Balaban J connectivity index is 2.03. The van der Waals surface area contributed by atoms with Crippen LogP contribution in [-0.4, -0.2) is 34.9 Å². The van der Waals surface area contributed by atoms with Crippen LogP contribution < -0.4 is 0 Å². The van der Waals surface area contributed by atoms with E-state index in [0.29, 0.717) is 0 Å². The first-order valence-corrected chi connectivity index (χ1v) is 4.75. The fourth-order valence-corrected chi connectivity index (χ4v) is 2.75. The molecule has 0 spiro atoms. The highest BCUT2D eigenvalue weighted by molar-refractivity contribution is 6.23. The van der Waals surface area contributed by atoms with Crippen molar-refractivity contribution < 1.29 is 24.2 Å². The zero-order chi connectivity index (χ0) is 10.7. The second-order valence-corrected chi connectivity index (χ2v) is 4.08. The molecule has 2 fully saturated rings. The number of carbonyl (C=O) groups excluding carboxylic acids is 2. The predicted molar refractivity (Wildman–Crippen MR) is 45.9 cm³/mol. The minimum atomic E-state index is -1.46. The van der Waals surface area contributed by atoms with Crippen LogP contribution in [0.25, 0.3) is 0 Å². The maximum atomic E-state index is 11.7. The van der Waals surface area contributed by atoms with Crippen molar-refractivity contribution in [1.82, 2.24) is 0 Å². The van der Waals surface area contributed by atoms with Crippen LogP contribution in [0, 0.1) is 17.8 Å². The summed E-state index contributed by atoms with van der Waals surface area (Å²) in [5, 5.41) is 8.80. The second kappa shape index (κ2) is 2.55. The molecule has 4 unspecified atom stereocenters. The number of carboxylic acids is 1. The molecule has 0 aromatic carbocycles. The highest BCUT2D eigenvalue weighted by atomic mass is 16.5. The zero-order valence-electron chi connectivity index (χ0n) is 7.62. The predicted octanol–water partition coefficient (Wildman–Crippen LogP) is -0.591. The van der Waals surface area contributed by atoms with E-state index < -0.39 is 35.3 Å². The minimum Gasteiger partial charge on any atom is -0.480 e. The Kier molecular flexibility index (Phi) is 1.49. The molecule has 2 heterocycles. The maximum Gasteiger partial charge on any atom is 0.321 e. The summed E-state index contributed by atoms with van der Waals surface area (Å²) < 4.78 is 5.36. The number of aliphatic carboxylic acids is 1. The number of ketones is 2. The van der Waals surface area contributed by atoms with Crippen LogP contribution in [0.4, 0.5) is 0 Å². The van der Waals surface area contributed by atoms with Gasteiger partial charge in [0.25, 0.3) is 0 Å². The summed E-state index contributed by atoms with van der Waals surface area (Å²) in [4.78, 5) is 34.2. The SMILES string of the molecule is O=C(O)C1C(=O)C2C3C=C[C@H](O3)C2C1=O. The molecule has 2 aliphatic heterocycles. The van der Waals surface area contributed by atoms with Gasteiger partial charge >= 0.3 is 5.97 Å². The lowest BCUT2D eigenvalue weighted by molar-refractivity contribution is -0.149. The molecule has 1 saturated carbocycles. The number of hydrogen-bond donors (Lipinski definition) is 1. The number of carbonyl (C=O) groups is 3. The standard InChI is InChI=1S/C10H8O5/c11-8-5-3-1-2-4(15-3)6(5)9(12)7(8)10(13)14/h1-7H,(H,13,14)/t3-,4?,5?,6?,7?/m0/s1. The minimum absolute atomic E-state index is 0.388. The average molecular weight is 208 g/mol. The van der Waals surface area contributed by atoms with Gasteiger partial charge in [-0.3, -0.25) is 14.4 Å². The second-order valence-electron chi connectivity index (χ2n) is 4.08. The third-order valence-electron chi connectivity index (χ3n) is 3.37. The molecule has 1 aliphatic carbocycles. The molecule has 2 bridgehead atoms. The monoisotopic (exact) mass is 208 g/mol. The van der Waals surface area contributed by atoms with Gasteiger partial charge in [0, 0.05) is 0 Å². The van der Waals surface area contributed by atoms with E-state index in [4.69, 9.17) is 9.84 Å². The summed E-state index contributed by atoms with van der Waals surface area (Å²) in [6.45, 7) is 0. The molecule has 3 rings (SSSR count). The van der Waals surface area contributed by atoms with Gasteiger partial charge in [-0.2, -0.15) is 0 Å². The molecule has 78 valence electrons. The lowest BCUT2D eigenvalue weighted by Gasteiger charge is -2.12. The van der Waals surface area contributed by atoms with E-state index in [1.165, 1.54) is 0 Å². The molecule has 0 aromatic rings. The molecule has 15 heavy (non-hydrogen) atoms. The van der Waals surface area contributed by atoms with Crippen LogP contribution in [0.1, 0.15) is 0 Å². The van der Waals surface area contributed by atoms with E-state index in [0.717, 1.165) is 0 Å². The molecule has 5 heteroatoms. The summed E-state index contributed by atoms with van der Waals surface area (Å²) in [7, 11) is 0. The van der Waals surface area contributed by atoms with Crippen molar-refractivity contribution in [3.63, 3.8) is 0 Å². The molecular formula is C10H8O5. The van der Waals surface area contributed by atoms with E-state index in [-0.39, 0.29) is 12.2 Å². The topological polar surface area (TPSA) is 80.7 Å². The molecule has 5 nitrogen and oxygen atoms in total. The van der Waals surface area contributed by atoms with Crippen LogP contribution in [0.15, 0.2) is 12.2 Å². The fraction of sp³-hybridized carbons (Fsp3) is 0.500. The Labute approximate surface area is 84.7 Å². The molecule has 3 aliphatic rings. The summed E-state index contributed by atoms with van der Waals surface area (Å²) in [6, 6.07) is 0. The highest BCUT2D eigenvalue weighted by Crippen LogP contribution is 2.46. The van der Waals surface area contributed by atoms with Crippen molar-refractivity contribution in [2.45, 2.75) is 12.2 Å². The van der Waals surface area contributed by atoms with E-state index in [1.54, 1.807) is 12.2 Å². The van der Waals surface area contributed by atoms with E-state index in [1.807, 2.05) is 0 Å². The van der Waals surface area contributed by atoms with Crippen molar-refractivity contribution in [2.75, 3.05) is 0 Å². The average Bonchev–Trinajstić information content (AvgIpc) is 2.79. The Morgan fingerprint density at radius 3 is 2.00 bits per heavy atom. The first kappa shape index (κ1) is 8.79. The smallest absolute Gasteiger partial charge is 0.321 e. The quantitative estimate of drug-likeness (QED) is 0.460. The van der Waals surface area contributed by atoms with Gasteiger partial charge in [0.2, 0.25) is 0 Å². The van der Waals surface area contributed by atoms with Crippen LogP contribution in [0.2, 0.25) is 0 Å². The van der Waals surface area contributed by atoms with Crippen molar-refractivity contribution in [3.05, 3.63) is 12.2 Å². The molecule has 0 aromatic heterocycles.